The maximum Gasteiger partial charge on any atom is 0.107 e. The summed E-state index contributed by atoms with van der Waals surface area (Å²) in [6.45, 7) is 2.02. The molecule has 0 aromatic carbocycles. The monoisotopic (exact) mass is 191 g/mol. The summed E-state index contributed by atoms with van der Waals surface area (Å²) in [6, 6.07) is 4.00. The quantitative estimate of drug-likeness (QED) is 0.690. The first kappa shape index (κ1) is 8.19. The van der Waals surface area contributed by atoms with E-state index in [1.165, 1.54) is 5.56 Å². The standard InChI is InChI=1S/C9H9N3S/c1-6-2-3-12-8(4-6)7(5-11-12)9(10)13/h2-5H,1H3,(H2,10,13). The van der Waals surface area contributed by atoms with Gasteiger partial charge in [0.15, 0.2) is 0 Å². The smallest absolute Gasteiger partial charge is 0.107 e. The Hall–Kier alpha value is -1.42. The van der Waals surface area contributed by atoms with Crippen molar-refractivity contribution in [3.63, 3.8) is 0 Å². The summed E-state index contributed by atoms with van der Waals surface area (Å²) in [5.41, 5.74) is 8.52. The van der Waals surface area contributed by atoms with Crippen LogP contribution in [0.3, 0.4) is 0 Å². The lowest BCUT2D eigenvalue weighted by atomic mass is 10.2. The van der Waals surface area contributed by atoms with Gasteiger partial charge in [0, 0.05) is 6.20 Å². The number of nitrogens with two attached hydrogens (primary N) is 1. The van der Waals surface area contributed by atoms with Crippen LogP contribution >= 0.6 is 12.2 Å². The highest BCUT2D eigenvalue weighted by atomic mass is 32.1. The van der Waals surface area contributed by atoms with E-state index in [9.17, 15) is 0 Å². The van der Waals surface area contributed by atoms with Gasteiger partial charge in [0.2, 0.25) is 0 Å². The van der Waals surface area contributed by atoms with Gasteiger partial charge in [-0.25, -0.2) is 4.52 Å². The number of hydrogen-bond acceptors (Lipinski definition) is 2. The summed E-state index contributed by atoms with van der Waals surface area (Å²) >= 11 is 4.91. The SMILES string of the molecule is Cc1ccn2ncc(C(N)=S)c2c1. The average Bonchev–Trinajstić information content (AvgIpc) is 2.46. The molecular formula is C9H9N3S. The molecule has 2 N–H and O–H groups in total. The molecular weight excluding hydrogens is 182 g/mol. The van der Waals surface area contributed by atoms with Crippen LogP contribution in [0.1, 0.15) is 11.1 Å². The number of thiocarbonyl (C=S) groups is 1. The number of fused-ring (bicyclic) bond motifs is 1. The number of aryl methyl sites for hydroxylation is 1. The highest BCUT2D eigenvalue weighted by molar-refractivity contribution is 7.80. The summed E-state index contributed by atoms with van der Waals surface area (Å²) in [5.74, 6) is 0. The van der Waals surface area contributed by atoms with Crippen molar-refractivity contribution in [2.45, 2.75) is 6.92 Å². The van der Waals surface area contributed by atoms with Crippen molar-refractivity contribution in [2.75, 3.05) is 0 Å². The molecule has 2 heterocycles. The number of nitrogens with zero attached hydrogens (tertiary/aromatic N) is 2. The average molecular weight is 191 g/mol. The van der Waals surface area contributed by atoms with Crippen molar-refractivity contribution in [3.05, 3.63) is 35.7 Å². The van der Waals surface area contributed by atoms with E-state index < -0.39 is 0 Å². The molecule has 0 saturated carbocycles. The lowest BCUT2D eigenvalue weighted by molar-refractivity contribution is 0.958. The second kappa shape index (κ2) is 2.81. The predicted molar refractivity (Wildman–Crippen MR) is 55.8 cm³/mol. The molecule has 0 aliphatic carbocycles. The zero-order valence-corrected chi connectivity index (χ0v) is 8.01. The van der Waals surface area contributed by atoms with Crippen LogP contribution in [0.4, 0.5) is 0 Å². The van der Waals surface area contributed by atoms with Gasteiger partial charge in [-0.15, -0.1) is 0 Å². The minimum absolute atomic E-state index is 0.389. The molecule has 0 spiro atoms. The molecule has 0 amide bonds. The fraction of sp³-hybridized carbons (Fsp3) is 0.111. The normalized spacial score (nSPS) is 10.5. The Balaban J connectivity index is 2.79. The molecule has 0 unspecified atom stereocenters. The molecule has 3 nitrogen and oxygen atoms in total. The molecule has 4 heteroatoms. The summed E-state index contributed by atoms with van der Waals surface area (Å²) < 4.78 is 1.77. The Morgan fingerprint density at radius 2 is 2.38 bits per heavy atom. The van der Waals surface area contributed by atoms with Crippen molar-refractivity contribution in [1.29, 1.82) is 0 Å². The van der Waals surface area contributed by atoms with Crippen molar-refractivity contribution in [1.82, 2.24) is 9.61 Å². The molecule has 2 aromatic rings. The Morgan fingerprint density at radius 3 is 3.08 bits per heavy atom. The molecule has 0 atom stereocenters. The van der Waals surface area contributed by atoms with E-state index in [-0.39, 0.29) is 0 Å². The molecule has 0 aliphatic heterocycles. The minimum Gasteiger partial charge on any atom is -0.389 e. The van der Waals surface area contributed by atoms with E-state index in [1.807, 2.05) is 25.3 Å². The Morgan fingerprint density at radius 1 is 1.62 bits per heavy atom. The fourth-order valence-corrected chi connectivity index (χ4v) is 1.43. The van der Waals surface area contributed by atoms with Gasteiger partial charge in [-0.1, -0.05) is 12.2 Å². The highest BCUT2D eigenvalue weighted by Crippen LogP contribution is 2.11. The predicted octanol–water partition coefficient (Wildman–Crippen LogP) is 1.28. The summed E-state index contributed by atoms with van der Waals surface area (Å²) in [4.78, 5) is 0.389. The first-order chi connectivity index (χ1) is 6.18. The number of aromatic nitrogens is 2. The van der Waals surface area contributed by atoms with Gasteiger partial charge in [0.05, 0.1) is 17.3 Å². The van der Waals surface area contributed by atoms with Crippen LogP contribution in [-0.4, -0.2) is 14.6 Å². The minimum atomic E-state index is 0.389. The summed E-state index contributed by atoms with van der Waals surface area (Å²) in [7, 11) is 0. The second-order valence-electron chi connectivity index (χ2n) is 2.96. The maximum absolute atomic E-state index is 5.55. The Labute approximate surface area is 81.2 Å². The van der Waals surface area contributed by atoms with Crippen LogP contribution in [0.5, 0.6) is 0 Å². The van der Waals surface area contributed by atoms with Crippen molar-refractivity contribution in [2.24, 2.45) is 5.73 Å². The van der Waals surface area contributed by atoms with E-state index in [0.717, 1.165) is 11.1 Å². The van der Waals surface area contributed by atoms with Gasteiger partial charge in [0.25, 0.3) is 0 Å². The van der Waals surface area contributed by atoms with Gasteiger partial charge in [-0.3, -0.25) is 0 Å². The zero-order chi connectivity index (χ0) is 9.42. The van der Waals surface area contributed by atoms with Crippen LogP contribution in [0.2, 0.25) is 0 Å². The van der Waals surface area contributed by atoms with Crippen molar-refractivity contribution < 1.29 is 0 Å². The van der Waals surface area contributed by atoms with Crippen molar-refractivity contribution in [3.8, 4) is 0 Å². The molecule has 13 heavy (non-hydrogen) atoms. The molecule has 0 bridgehead atoms. The third-order valence-corrected chi connectivity index (χ3v) is 2.16. The molecule has 0 fully saturated rings. The summed E-state index contributed by atoms with van der Waals surface area (Å²) in [6.07, 6.45) is 3.59. The summed E-state index contributed by atoms with van der Waals surface area (Å²) in [5, 5.41) is 4.13. The number of pyridine rings is 1. The first-order valence-corrected chi connectivity index (χ1v) is 4.33. The maximum atomic E-state index is 5.55. The van der Waals surface area contributed by atoms with Gasteiger partial charge < -0.3 is 5.73 Å². The van der Waals surface area contributed by atoms with Crippen LogP contribution in [-0.2, 0) is 0 Å². The van der Waals surface area contributed by atoms with Crippen LogP contribution in [0.15, 0.2) is 24.5 Å². The highest BCUT2D eigenvalue weighted by Gasteiger charge is 2.05. The van der Waals surface area contributed by atoms with E-state index in [4.69, 9.17) is 18.0 Å². The Bertz CT molecular complexity index is 473. The van der Waals surface area contributed by atoms with Gasteiger partial charge in [-0.05, 0) is 24.6 Å². The van der Waals surface area contributed by atoms with Gasteiger partial charge in [0.1, 0.15) is 4.99 Å². The second-order valence-corrected chi connectivity index (χ2v) is 3.40. The van der Waals surface area contributed by atoms with Crippen LogP contribution in [0.25, 0.3) is 5.52 Å². The Kier molecular flexibility index (Phi) is 1.77. The van der Waals surface area contributed by atoms with Gasteiger partial charge in [-0.2, -0.15) is 5.10 Å². The van der Waals surface area contributed by atoms with E-state index >= 15 is 0 Å². The third-order valence-electron chi connectivity index (χ3n) is 1.94. The van der Waals surface area contributed by atoms with Crippen LogP contribution < -0.4 is 5.73 Å². The molecule has 2 rings (SSSR count). The first-order valence-electron chi connectivity index (χ1n) is 3.92. The van der Waals surface area contributed by atoms with E-state index in [2.05, 4.69) is 5.10 Å². The molecule has 66 valence electrons. The van der Waals surface area contributed by atoms with E-state index in [0.29, 0.717) is 4.99 Å². The molecule has 0 saturated heterocycles. The molecule has 0 aliphatic rings. The number of hydrogen-bond donors (Lipinski definition) is 1. The largest absolute Gasteiger partial charge is 0.389 e. The van der Waals surface area contributed by atoms with Crippen molar-refractivity contribution >= 4 is 22.7 Å². The lowest BCUT2D eigenvalue weighted by Gasteiger charge is -1.97. The topological polar surface area (TPSA) is 43.3 Å². The number of rotatable bonds is 1. The lowest BCUT2D eigenvalue weighted by Crippen LogP contribution is -2.08. The third kappa shape index (κ3) is 1.29. The van der Waals surface area contributed by atoms with Crippen LogP contribution in [0, 0.1) is 6.92 Å². The zero-order valence-electron chi connectivity index (χ0n) is 7.19. The fourth-order valence-electron chi connectivity index (χ4n) is 1.28. The molecule has 0 radical (unpaired) electrons. The molecule has 2 aromatic heterocycles. The van der Waals surface area contributed by atoms with E-state index in [1.54, 1.807) is 10.7 Å². The van der Waals surface area contributed by atoms with Gasteiger partial charge >= 0.3 is 0 Å².